The van der Waals surface area contributed by atoms with Crippen LogP contribution in [0.1, 0.15) is 11.1 Å². The van der Waals surface area contributed by atoms with Gasteiger partial charge in [0.25, 0.3) is 0 Å². The molecule has 0 saturated carbocycles. The fraction of sp³-hybridized carbons (Fsp3) is 0.200. The summed E-state index contributed by atoms with van der Waals surface area (Å²) >= 11 is 0. The summed E-state index contributed by atoms with van der Waals surface area (Å²) in [4.78, 5) is 0. The lowest BCUT2D eigenvalue weighted by molar-refractivity contribution is 0.174. The maximum Gasteiger partial charge on any atom is 0.231 e. The van der Waals surface area contributed by atoms with E-state index in [0.717, 1.165) is 35.0 Å². The van der Waals surface area contributed by atoms with Crippen LogP contribution in [0, 0.1) is 6.92 Å². The average molecular weight is 256 g/mol. The highest BCUT2D eigenvalue weighted by Gasteiger charge is 2.12. The Hall–Kier alpha value is -2.36. The third-order valence-corrected chi connectivity index (χ3v) is 3.18. The van der Waals surface area contributed by atoms with Gasteiger partial charge in [0.05, 0.1) is 0 Å². The Balaban J connectivity index is 1.74. The summed E-state index contributed by atoms with van der Waals surface area (Å²) in [5, 5.41) is 3.38. The van der Waals surface area contributed by atoms with Gasteiger partial charge in [0.1, 0.15) is 0 Å². The molecule has 0 unspecified atom stereocenters. The highest BCUT2D eigenvalue weighted by Crippen LogP contribution is 2.32. The van der Waals surface area contributed by atoms with E-state index < -0.39 is 0 Å². The maximum atomic E-state index is 5.79. The Morgan fingerprint density at radius 2 is 1.95 bits per heavy atom. The van der Waals surface area contributed by atoms with Gasteiger partial charge >= 0.3 is 0 Å². The van der Waals surface area contributed by atoms with Crippen molar-refractivity contribution in [3.05, 3.63) is 47.5 Å². The van der Waals surface area contributed by atoms with Crippen LogP contribution in [-0.4, -0.2) is 6.79 Å². The van der Waals surface area contributed by atoms with Gasteiger partial charge in [-0.1, -0.05) is 12.1 Å². The maximum absolute atomic E-state index is 5.79. The summed E-state index contributed by atoms with van der Waals surface area (Å²) in [5.41, 5.74) is 9.93. The molecule has 4 heteroatoms. The number of anilines is 2. The Morgan fingerprint density at radius 3 is 2.84 bits per heavy atom. The minimum absolute atomic E-state index is 0.306. The van der Waals surface area contributed by atoms with Gasteiger partial charge in [0.15, 0.2) is 11.5 Å². The zero-order valence-corrected chi connectivity index (χ0v) is 10.8. The summed E-state index contributed by atoms with van der Waals surface area (Å²) < 4.78 is 10.7. The minimum Gasteiger partial charge on any atom is -0.454 e. The normalized spacial score (nSPS) is 12.5. The molecule has 0 spiro atoms. The number of benzene rings is 2. The van der Waals surface area contributed by atoms with E-state index >= 15 is 0 Å². The summed E-state index contributed by atoms with van der Waals surface area (Å²) in [5.74, 6) is 1.62. The number of rotatable bonds is 3. The molecule has 3 N–H and O–H groups in total. The fourth-order valence-electron chi connectivity index (χ4n) is 2.08. The van der Waals surface area contributed by atoms with E-state index in [9.17, 15) is 0 Å². The van der Waals surface area contributed by atoms with Crippen molar-refractivity contribution in [2.45, 2.75) is 13.5 Å². The number of nitrogen functional groups attached to an aromatic ring is 1. The zero-order valence-electron chi connectivity index (χ0n) is 10.8. The third-order valence-electron chi connectivity index (χ3n) is 3.18. The fourth-order valence-corrected chi connectivity index (χ4v) is 2.08. The van der Waals surface area contributed by atoms with E-state index in [-0.39, 0.29) is 0 Å². The van der Waals surface area contributed by atoms with E-state index in [0.29, 0.717) is 6.79 Å². The van der Waals surface area contributed by atoms with Crippen molar-refractivity contribution in [3.63, 3.8) is 0 Å². The number of nitrogens with one attached hydrogen (secondary N) is 1. The van der Waals surface area contributed by atoms with Gasteiger partial charge < -0.3 is 20.5 Å². The average Bonchev–Trinajstić information content (AvgIpc) is 2.87. The lowest BCUT2D eigenvalue weighted by atomic mass is 10.1. The van der Waals surface area contributed by atoms with E-state index in [1.165, 1.54) is 5.56 Å². The summed E-state index contributed by atoms with van der Waals surface area (Å²) in [6.07, 6.45) is 0. The number of fused-ring (bicyclic) bond motifs is 1. The second-order valence-electron chi connectivity index (χ2n) is 4.62. The molecule has 98 valence electrons. The molecule has 0 saturated heterocycles. The predicted octanol–water partition coefficient (Wildman–Crippen LogP) is 2.92. The standard InChI is InChI=1S/C15H16N2O2/c1-10-2-4-12(16)7-13(10)17-8-11-3-5-14-15(6-11)19-9-18-14/h2-7,17H,8-9,16H2,1H3. The number of ether oxygens (including phenoxy) is 2. The van der Waals surface area contributed by atoms with E-state index in [2.05, 4.69) is 12.2 Å². The lowest BCUT2D eigenvalue weighted by Gasteiger charge is -2.10. The molecule has 0 atom stereocenters. The lowest BCUT2D eigenvalue weighted by Crippen LogP contribution is -2.01. The quantitative estimate of drug-likeness (QED) is 0.829. The first-order valence-electron chi connectivity index (χ1n) is 6.21. The molecule has 3 rings (SSSR count). The molecule has 0 aliphatic carbocycles. The van der Waals surface area contributed by atoms with Crippen LogP contribution in [-0.2, 0) is 6.54 Å². The Kier molecular flexibility index (Phi) is 2.91. The van der Waals surface area contributed by atoms with Crippen LogP contribution in [0.15, 0.2) is 36.4 Å². The Labute approximate surface area is 112 Å². The summed E-state index contributed by atoms with van der Waals surface area (Å²) in [7, 11) is 0. The van der Waals surface area contributed by atoms with Crippen LogP contribution >= 0.6 is 0 Å². The molecule has 0 radical (unpaired) electrons. The van der Waals surface area contributed by atoms with Gasteiger partial charge in [-0.15, -0.1) is 0 Å². The summed E-state index contributed by atoms with van der Waals surface area (Å²) in [6, 6.07) is 11.8. The number of hydrogen-bond acceptors (Lipinski definition) is 4. The largest absolute Gasteiger partial charge is 0.454 e. The van der Waals surface area contributed by atoms with Crippen LogP contribution < -0.4 is 20.5 Å². The van der Waals surface area contributed by atoms with Crippen LogP contribution in [0.4, 0.5) is 11.4 Å². The van der Waals surface area contributed by atoms with E-state index in [1.54, 1.807) is 0 Å². The Bertz CT molecular complexity index is 611. The molecular weight excluding hydrogens is 240 g/mol. The van der Waals surface area contributed by atoms with Gasteiger partial charge in [0, 0.05) is 17.9 Å². The summed E-state index contributed by atoms with van der Waals surface area (Å²) in [6.45, 7) is 3.09. The highest BCUT2D eigenvalue weighted by molar-refractivity contribution is 5.59. The van der Waals surface area contributed by atoms with Crippen LogP contribution in [0.25, 0.3) is 0 Å². The SMILES string of the molecule is Cc1ccc(N)cc1NCc1ccc2c(c1)OCO2. The van der Waals surface area contributed by atoms with Gasteiger partial charge in [-0.25, -0.2) is 0 Å². The van der Waals surface area contributed by atoms with Crippen molar-refractivity contribution >= 4 is 11.4 Å². The minimum atomic E-state index is 0.306. The van der Waals surface area contributed by atoms with Crippen molar-refractivity contribution in [1.29, 1.82) is 0 Å². The zero-order chi connectivity index (χ0) is 13.2. The topological polar surface area (TPSA) is 56.5 Å². The second-order valence-corrected chi connectivity index (χ2v) is 4.62. The first-order chi connectivity index (χ1) is 9.22. The van der Waals surface area contributed by atoms with Crippen LogP contribution in [0.3, 0.4) is 0 Å². The van der Waals surface area contributed by atoms with Gasteiger partial charge in [0.2, 0.25) is 6.79 Å². The molecule has 0 fully saturated rings. The number of hydrogen-bond donors (Lipinski definition) is 2. The number of nitrogens with two attached hydrogens (primary N) is 1. The van der Waals surface area contributed by atoms with Crippen molar-refractivity contribution in [1.82, 2.24) is 0 Å². The van der Waals surface area contributed by atoms with Crippen LogP contribution in [0.2, 0.25) is 0 Å². The van der Waals surface area contributed by atoms with E-state index in [1.807, 2.05) is 36.4 Å². The number of aryl methyl sites for hydroxylation is 1. The predicted molar refractivity (Wildman–Crippen MR) is 75.5 cm³/mol. The van der Waals surface area contributed by atoms with Gasteiger partial charge in [-0.2, -0.15) is 0 Å². The molecular formula is C15H16N2O2. The molecule has 1 aliphatic heterocycles. The van der Waals surface area contributed by atoms with Crippen molar-refractivity contribution in [2.24, 2.45) is 0 Å². The third kappa shape index (κ3) is 2.42. The Morgan fingerprint density at radius 1 is 1.11 bits per heavy atom. The molecule has 2 aromatic carbocycles. The molecule has 2 aromatic rings. The molecule has 0 aromatic heterocycles. The molecule has 0 amide bonds. The van der Waals surface area contributed by atoms with Crippen molar-refractivity contribution in [2.75, 3.05) is 17.8 Å². The van der Waals surface area contributed by atoms with Crippen molar-refractivity contribution in [3.8, 4) is 11.5 Å². The van der Waals surface area contributed by atoms with E-state index in [4.69, 9.17) is 15.2 Å². The van der Waals surface area contributed by atoms with Gasteiger partial charge in [-0.3, -0.25) is 0 Å². The second kappa shape index (κ2) is 4.72. The highest BCUT2D eigenvalue weighted by atomic mass is 16.7. The first kappa shape index (κ1) is 11.7. The monoisotopic (exact) mass is 256 g/mol. The van der Waals surface area contributed by atoms with Crippen LogP contribution in [0.5, 0.6) is 11.5 Å². The van der Waals surface area contributed by atoms with Crippen molar-refractivity contribution < 1.29 is 9.47 Å². The molecule has 0 bridgehead atoms. The molecule has 1 heterocycles. The smallest absolute Gasteiger partial charge is 0.231 e. The molecule has 1 aliphatic rings. The first-order valence-corrected chi connectivity index (χ1v) is 6.21. The molecule has 19 heavy (non-hydrogen) atoms. The molecule has 4 nitrogen and oxygen atoms in total. The van der Waals surface area contributed by atoms with Gasteiger partial charge in [-0.05, 0) is 42.3 Å².